The molecule has 2 aliphatic heterocycles. The number of methoxy groups -OCH3 is 1. The Hall–Kier alpha value is -3.78. The molecule has 174 valence electrons. The molecular formula is C26H27N5O3. The summed E-state index contributed by atoms with van der Waals surface area (Å²) in [5, 5.41) is 3.47. The van der Waals surface area contributed by atoms with E-state index in [2.05, 4.69) is 39.5 Å². The van der Waals surface area contributed by atoms with Gasteiger partial charge in [-0.15, -0.1) is 0 Å². The maximum Gasteiger partial charge on any atom is 0.180 e. The van der Waals surface area contributed by atoms with Crippen molar-refractivity contribution in [1.29, 1.82) is 0 Å². The zero-order valence-electron chi connectivity index (χ0n) is 19.2. The van der Waals surface area contributed by atoms with E-state index in [-0.39, 0.29) is 0 Å². The number of fused-ring (bicyclic) bond motifs is 2. The van der Waals surface area contributed by atoms with E-state index in [1.54, 1.807) is 13.3 Å². The summed E-state index contributed by atoms with van der Waals surface area (Å²) in [7, 11) is 1.70. The molecule has 0 spiro atoms. The molecule has 0 bridgehead atoms. The van der Waals surface area contributed by atoms with E-state index < -0.39 is 0 Å². The fourth-order valence-corrected chi connectivity index (χ4v) is 4.63. The molecule has 0 unspecified atom stereocenters. The summed E-state index contributed by atoms with van der Waals surface area (Å²) in [5.41, 5.74) is 5.89. The number of aryl methyl sites for hydroxylation is 1. The maximum absolute atomic E-state index is 5.78. The lowest BCUT2D eigenvalue weighted by molar-refractivity contribution is 0.122. The number of hydrogen-bond acceptors (Lipinski definition) is 7. The fraction of sp³-hybridized carbons (Fsp3) is 0.308. The van der Waals surface area contributed by atoms with Crippen molar-refractivity contribution in [2.45, 2.75) is 12.8 Å². The van der Waals surface area contributed by atoms with Crippen molar-refractivity contribution in [3.8, 4) is 22.8 Å². The minimum atomic E-state index is 0.692. The smallest absolute Gasteiger partial charge is 0.180 e. The molecule has 6 rings (SSSR count). The van der Waals surface area contributed by atoms with Crippen LogP contribution in [0.15, 0.2) is 55.0 Å². The third-order valence-corrected chi connectivity index (χ3v) is 6.37. The van der Waals surface area contributed by atoms with E-state index >= 15 is 0 Å². The van der Waals surface area contributed by atoms with Crippen LogP contribution in [0.1, 0.15) is 12.0 Å². The number of nitrogens with one attached hydrogen (secondary N) is 1. The van der Waals surface area contributed by atoms with Crippen molar-refractivity contribution in [2.24, 2.45) is 0 Å². The highest BCUT2D eigenvalue weighted by Crippen LogP contribution is 2.34. The standard InChI is InChI=1S/C26H27N5O3/c1-32-24-16-20(5-6-22(24)30-10-13-33-14-11-30)28-25-26-27-8-9-31(26)17-21(29-25)18-4-7-23-19(15-18)3-2-12-34-23/h4-9,15-17H,2-3,10-14H2,1H3,(H,28,29). The van der Waals surface area contributed by atoms with Crippen molar-refractivity contribution < 1.29 is 14.2 Å². The SMILES string of the molecule is COc1cc(Nc2nc(-c3ccc4c(c3)CCCO4)cn3ccnc23)ccc1N1CCOCC1. The number of anilines is 3. The highest BCUT2D eigenvalue weighted by atomic mass is 16.5. The lowest BCUT2D eigenvalue weighted by atomic mass is 10.0. The van der Waals surface area contributed by atoms with Gasteiger partial charge >= 0.3 is 0 Å². The van der Waals surface area contributed by atoms with Crippen molar-refractivity contribution >= 4 is 22.8 Å². The number of rotatable bonds is 5. The summed E-state index contributed by atoms with van der Waals surface area (Å²) in [6.45, 7) is 3.95. The molecule has 1 fully saturated rings. The third-order valence-electron chi connectivity index (χ3n) is 6.37. The van der Waals surface area contributed by atoms with Crippen LogP contribution in [0.25, 0.3) is 16.9 Å². The van der Waals surface area contributed by atoms with E-state index in [9.17, 15) is 0 Å². The molecule has 2 aliphatic rings. The normalized spacial score (nSPS) is 15.6. The largest absolute Gasteiger partial charge is 0.495 e. The first-order valence-corrected chi connectivity index (χ1v) is 11.7. The van der Waals surface area contributed by atoms with Gasteiger partial charge in [-0.1, -0.05) is 0 Å². The van der Waals surface area contributed by atoms with Gasteiger partial charge in [0.15, 0.2) is 11.5 Å². The van der Waals surface area contributed by atoms with E-state index in [4.69, 9.17) is 19.2 Å². The van der Waals surface area contributed by atoms with E-state index in [0.717, 1.165) is 85.5 Å². The molecule has 8 heteroatoms. The molecule has 0 saturated carbocycles. The summed E-state index contributed by atoms with van der Waals surface area (Å²) in [6, 6.07) is 12.4. The fourth-order valence-electron chi connectivity index (χ4n) is 4.63. The molecule has 34 heavy (non-hydrogen) atoms. The van der Waals surface area contributed by atoms with Crippen LogP contribution in [0.3, 0.4) is 0 Å². The van der Waals surface area contributed by atoms with Crippen molar-refractivity contribution in [3.63, 3.8) is 0 Å². The monoisotopic (exact) mass is 457 g/mol. The van der Waals surface area contributed by atoms with E-state index in [0.29, 0.717) is 5.82 Å². The predicted molar refractivity (Wildman–Crippen MR) is 132 cm³/mol. The molecule has 0 radical (unpaired) electrons. The Kier molecular flexibility index (Phi) is 5.43. The number of aromatic nitrogens is 3. The number of morpholine rings is 1. The van der Waals surface area contributed by atoms with Gasteiger partial charge in [0.1, 0.15) is 11.5 Å². The van der Waals surface area contributed by atoms with E-state index in [1.807, 2.05) is 28.9 Å². The molecule has 1 N–H and O–H groups in total. The van der Waals surface area contributed by atoms with Gasteiger partial charge in [0, 0.05) is 49.0 Å². The second-order valence-corrected chi connectivity index (χ2v) is 8.52. The van der Waals surface area contributed by atoms with Crippen molar-refractivity contribution in [2.75, 3.05) is 50.2 Å². The third kappa shape index (κ3) is 3.90. The Morgan fingerprint density at radius 3 is 2.85 bits per heavy atom. The van der Waals surface area contributed by atoms with Gasteiger partial charge in [0.25, 0.3) is 0 Å². The maximum atomic E-state index is 5.78. The van der Waals surface area contributed by atoms with Gasteiger partial charge in [0.2, 0.25) is 0 Å². The van der Waals surface area contributed by atoms with Crippen LogP contribution in [-0.2, 0) is 11.2 Å². The summed E-state index contributed by atoms with van der Waals surface area (Å²) in [5.74, 6) is 2.49. The average molecular weight is 458 g/mol. The Morgan fingerprint density at radius 1 is 1.06 bits per heavy atom. The quantitative estimate of drug-likeness (QED) is 0.479. The van der Waals surface area contributed by atoms with Crippen LogP contribution in [0.4, 0.5) is 17.2 Å². The molecule has 8 nitrogen and oxygen atoms in total. The first-order chi connectivity index (χ1) is 16.8. The zero-order valence-corrected chi connectivity index (χ0v) is 19.2. The van der Waals surface area contributed by atoms with Gasteiger partial charge < -0.3 is 28.8 Å². The predicted octanol–water partition coefficient (Wildman–Crippen LogP) is 4.31. The molecule has 0 atom stereocenters. The zero-order chi connectivity index (χ0) is 22.9. The van der Waals surface area contributed by atoms with Gasteiger partial charge in [0.05, 0.1) is 38.3 Å². The molecular weight excluding hydrogens is 430 g/mol. The number of hydrogen-bond donors (Lipinski definition) is 1. The van der Waals surface area contributed by atoms with E-state index in [1.165, 1.54) is 5.56 Å². The number of nitrogens with zero attached hydrogens (tertiary/aromatic N) is 4. The second kappa shape index (κ2) is 8.87. The summed E-state index contributed by atoms with van der Waals surface area (Å²) in [6.07, 6.45) is 7.81. The minimum Gasteiger partial charge on any atom is -0.495 e. The molecule has 0 amide bonds. The first kappa shape index (κ1) is 20.8. The van der Waals surface area contributed by atoms with Gasteiger partial charge in [-0.05, 0) is 48.7 Å². The van der Waals surface area contributed by atoms with Crippen LogP contribution in [0.2, 0.25) is 0 Å². The van der Waals surface area contributed by atoms with Gasteiger partial charge in [-0.25, -0.2) is 9.97 Å². The highest BCUT2D eigenvalue weighted by Gasteiger charge is 2.17. The topological polar surface area (TPSA) is 73.1 Å². The van der Waals surface area contributed by atoms with Gasteiger partial charge in [-0.2, -0.15) is 0 Å². The van der Waals surface area contributed by atoms with Crippen LogP contribution in [0, 0.1) is 0 Å². The Morgan fingerprint density at radius 2 is 1.97 bits per heavy atom. The molecule has 2 aromatic carbocycles. The summed E-state index contributed by atoms with van der Waals surface area (Å²) < 4.78 is 19.0. The van der Waals surface area contributed by atoms with Crippen LogP contribution < -0.4 is 19.7 Å². The first-order valence-electron chi connectivity index (χ1n) is 11.7. The van der Waals surface area contributed by atoms with Gasteiger partial charge in [-0.3, -0.25) is 0 Å². The van der Waals surface area contributed by atoms with Crippen LogP contribution in [-0.4, -0.2) is 54.4 Å². The molecule has 4 aromatic rings. The average Bonchev–Trinajstić information content (AvgIpc) is 3.38. The Bertz CT molecular complexity index is 1330. The molecule has 4 heterocycles. The summed E-state index contributed by atoms with van der Waals surface area (Å²) in [4.78, 5) is 11.8. The van der Waals surface area contributed by atoms with Crippen LogP contribution >= 0.6 is 0 Å². The molecule has 1 saturated heterocycles. The lowest BCUT2D eigenvalue weighted by Crippen LogP contribution is -2.36. The molecule has 0 aliphatic carbocycles. The molecule has 2 aromatic heterocycles. The number of benzene rings is 2. The minimum absolute atomic E-state index is 0.692. The summed E-state index contributed by atoms with van der Waals surface area (Å²) >= 11 is 0. The Labute approximate surface area is 198 Å². The second-order valence-electron chi connectivity index (χ2n) is 8.52. The Balaban J connectivity index is 1.35. The van der Waals surface area contributed by atoms with Crippen LogP contribution in [0.5, 0.6) is 11.5 Å². The lowest BCUT2D eigenvalue weighted by Gasteiger charge is -2.30. The van der Waals surface area contributed by atoms with Crippen molar-refractivity contribution in [1.82, 2.24) is 14.4 Å². The highest BCUT2D eigenvalue weighted by molar-refractivity contribution is 5.76. The number of ether oxygens (including phenoxy) is 3. The van der Waals surface area contributed by atoms with Crippen molar-refractivity contribution in [3.05, 3.63) is 60.6 Å². The number of imidazole rings is 1.